The van der Waals surface area contributed by atoms with Crippen molar-refractivity contribution in [3.8, 4) is 0 Å². The first-order chi connectivity index (χ1) is 8.74. The number of hydrogen-bond donors (Lipinski definition) is 1. The Labute approximate surface area is 116 Å². The van der Waals surface area contributed by atoms with Crippen LogP contribution in [0.2, 0.25) is 0 Å². The normalized spacial score (nSPS) is 24.1. The number of rotatable bonds is 5. The first kappa shape index (κ1) is 14.2. The molecule has 1 N–H and O–H groups in total. The van der Waals surface area contributed by atoms with Gasteiger partial charge in [0.05, 0.1) is 0 Å². The first-order valence-corrected chi connectivity index (χ1v) is 8.10. The number of halogens is 1. The van der Waals surface area contributed by atoms with Crippen LogP contribution in [0.5, 0.6) is 0 Å². The van der Waals surface area contributed by atoms with Gasteiger partial charge in [-0.3, -0.25) is 4.79 Å². The van der Waals surface area contributed by atoms with E-state index in [1.54, 1.807) is 0 Å². The molecule has 2 nitrogen and oxygen atoms in total. The Morgan fingerprint density at radius 2 is 1.78 bits per heavy atom. The minimum Gasteiger partial charge on any atom is -0.355 e. The predicted molar refractivity (Wildman–Crippen MR) is 75.8 cm³/mol. The maximum atomic E-state index is 11.9. The second-order valence-corrected chi connectivity index (χ2v) is 6.59. The van der Waals surface area contributed by atoms with Gasteiger partial charge in [0.15, 0.2) is 0 Å². The summed E-state index contributed by atoms with van der Waals surface area (Å²) in [5.74, 6) is 1.58. The third-order valence-electron chi connectivity index (χ3n) is 4.81. The minimum atomic E-state index is 0.186. The number of carbonyl (C=O) groups excluding carboxylic acids is 1. The molecule has 2 aliphatic rings. The summed E-state index contributed by atoms with van der Waals surface area (Å²) in [6, 6.07) is 0. The van der Waals surface area contributed by atoms with Gasteiger partial charge in [-0.05, 0) is 31.6 Å². The summed E-state index contributed by atoms with van der Waals surface area (Å²) >= 11 is 6.14. The molecule has 104 valence electrons. The van der Waals surface area contributed by atoms with E-state index in [1.165, 1.54) is 57.8 Å². The van der Waals surface area contributed by atoms with Crippen molar-refractivity contribution >= 4 is 17.5 Å². The summed E-state index contributed by atoms with van der Waals surface area (Å²) in [6.07, 6.45) is 12.1. The molecule has 0 atom stereocenters. The Morgan fingerprint density at radius 1 is 1.11 bits per heavy atom. The van der Waals surface area contributed by atoms with Gasteiger partial charge in [0.25, 0.3) is 0 Å². The van der Waals surface area contributed by atoms with Crippen molar-refractivity contribution in [2.75, 3.05) is 12.4 Å². The molecule has 18 heavy (non-hydrogen) atoms. The lowest BCUT2D eigenvalue weighted by Gasteiger charge is -2.35. The lowest BCUT2D eigenvalue weighted by molar-refractivity contribution is -0.122. The van der Waals surface area contributed by atoms with E-state index in [-0.39, 0.29) is 11.3 Å². The quantitative estimate of drug-likeness (QED) is 0.756. The van der Waals surface area contributed by atoms with E-state index in [4.69, 9.17) is 11.6 Å². The van der Waals surface area contributed by atoms with Crippen LogP contribution in [0, 0.1) is 11.3 Å². The molecule has 2 rings (SSSR count). The van der Waals surface area contributed by atoms with E-state index in [0.717, 1.165) is 13.0 Å². The molecular weight excluding hydrogens is 246 g/mol. The highest BCUT2D eigenvalue weighted by atomic mass is 35.5. The Balaban J connectivity index is 1.73. The van der Waals surface area contributed by atoms with Crippen LogP contribution in [0.15, 0.2) is 0 Å². The monoisotopic (exact) mass is 271 g/mol. The third kappa shape index (κ3) is 3.88. The van der Waals surface area contributed by atoms with E-state index in [1.807, 2.05) is 0 Å². The molecule has 0 bridgehead atoms. The van der Waals surface area contributed by atoms with E-state index < -0.39 is 0 Å². The largest absolute Gasteiger partial charge is 0.355 e. The lowest BCUT2D eigenvalue weighted by atomic mass is 9.75. The van der Waals surface area contributed by atoms with Gasteiger partial charge in [0.1, 0.15) is 0 Å². The van der Waals surface area contributed by atoms with Crippen molar-refractivity contribution in [3.63, 3.8) is 0 Å². The second kappa shape index (κ2) is 6.79. The van der Waals surface area contributed by atoms with Crippen molar-refractivity contribution < 1.29 is 4.79 Å². The second-order valence-electron chi connectivity index (χ2n) is 6.33. The maximum Gasteiger partial charge on any atom is 0.220 e. The Hall–Kier alpha value is -0.240. The molecule has 0 unspecified atom stereocenters. The average molecular weight is 272 g/mol. The summed E-state index contributed by atoms with van der Waals surface area (Å²) in [4.78, 5) is 11.9. The standard InChI is InChI=1S/C15H26ClNO/c16-11-15(8-4-1-5-9-15)12-17-14(18)10-13-6-2-3-7-13/h13H,1-12H2,(H,17,18). The molecule has 0 spiro atoms. The van der Waals surface area contributed by atoms with Crippen LogP contribution >= 0.6 is 11.6 Å². The van der Waals surface area contributed by atoms with Gasteiger partial charge in [-0.1, -0.05) is 32.1 Å². The molecule has 0 aliphatic heterocycles. The minimum absolute atomic E-state index is 0.186. The fourth-order valence-electron chi connectivity index (χ4n) is 3.49. The fourth-order valence-corrected chi connectivity index (χ4v) is 3.86. The molecule has 0 aromatic carbocycles. The molecule has 0 aromatic rings. The zero-order valence-electron chi connectivity index (χ0n) is 11.3. The predicted octanol–water partition coefficient (Wildman–Crippen LogP) is 3.87. The van der Waals surface area contributed by atoms with Crippen LogP contribution in [-0.4, -0.2) is 18.3 Å². The van der Waals surface area contributed by atoms with Gasteiger partial charge in [0.2, 0.25) is 5.91 Å². The number of alkyl halides is 1. The molecule has 2 fully saturated rings. The number of carbonyl (C=O) groups is 1. The van der Waals surface area contributed by atoms with Crippen LogP contribution in [0.1, 0.15) is 64.2 Å². The van der Waals surface area contributed by atoms with Gasteiger partial charge < -0.3 is 5.32 Å². The van der Waals surface area contributed by atoms with Crippen LogP contribution in [0.25, 0.3) is 0 Å². The lowest BCUT2D eigenvalue weighted by Crippen LogP contribution is -2.40. The van der Waals surface area contributed by atoms with Crippen LogP contribution in [0.4, 0.5) is 0 Å². The molecule has 0 radical (unpaired) electrons. The van der Waals surface area contributed by atoms with Crippen molar-refractivity contribution in [3.05, 3.63) is 0 Å². The molecule has 0 aromatic heterocycles. The highest BCUT2D eigenvalue weighted by molar-refractivity contribution is 6.18. The summed E-state index contributed by atoms with van der Waals surface area (Å²) < 4.78 is 0. The van der Waals surface area contributed by atoms with Crippen LogP contribution < -0.4 is 5.32 Å². The van der Waals surface area contributed by atoms with Gasteiger partial charge in [-0.15, -0.1) is 11.6 Å². The summed E-state index contributed by atoms with van der Waals surface area (Å²) in [6.45, 7) is 0.794. The van der Waals surface area contributed by atoms with Crippen LogP contribution in [-0.2, 0) is 4.79 Å². The molecule has 1 amide bonds. The fraction of sp³-hybridized carbons (Fsp3) is 0.933. The molecule has 0 heterocycles. The summed E-state index contributed by atoms with van der Waals surface area (Å²) in [7, 11) is 0. The van der Waals surface area contributed by atoms with Gasteiger partial charge in [-0.25, -0.2) is 0 Å². The SMILES string of the molecule is O=C(CC1CCCC1)NCC1(CCl)CCCCC1. The van der Waals surface area contributed by atoms with E-state index in [0.29, 0.717) is 11.8 Å². The van der Waals surface area contributed by atoms with Gasteiger partial charge in [0, 0.05) is 24.3 Å². The number of nitrogens with one attached hydrogen (secondary N) is 1. The smallest absolute Gasteiger partial charge is 0.220 e. The summed E-state index contributed by atoms with van der Waals surface area (Å²) in [5.41, 5.74) is 0.186. The third-order valence-corrected chi connectivity index (χ3v) is 5.37. The van der Waals surface area contributed by atoms with Gasteiger partial charge >= 0.3 is 0 Å². The zero-order valence-corrected chi connectivity index (χ0v) is 12.1. The van der Waals surface area contributed by atoms with E-state index >= 15 is 0 Å². The van der Waals surface area contributed by atoms with Crippen molar-refractivity contribution in [1.29, 1.82) is 0 Å². The van der Waals surface area contributed by atoms with E-state index in [9.17, 15) is 4.79 Å². The molecular formula is C15H26ClNO. The molecule has 2 aliphatic carbocycles. The van der Waals surface area contributed by atoms with Crippen molar-refractivity contribution in [2.24, 2.45) is 11.3 Å². The molecule has 3 heteroatoms. The Kier molecular flexibility index (Phi) is 5.35. The first-order valence-electron chi connectivity index (χ1n) is 7.57. The molecule has 2 saturated carbocycles. The maximum absolute atomic E-state index is 11.9. The zero-order chi connectivity index (χ0) is 12.8. The van der Waals surface area contributed by atoms with Gasteiger partial charge in [-0.2, -0.15) is 0 Å². The topological polar surface area (TPSA) is 29.1 Å². The van der Waals surface area contributed by atoms with Crippen molar-refractivity contribution in [1.82, 2.24) is 5.32 Å². The van der Waals surface area contributed by atoms with E-state index in [2.05, 4.69) is 5.32 Å². The average Bonchev–Trinajstić information content (AvgIpc) is 2.90. The summed E-state index contributed by atoms with van der Waals surface area (Å²) in [5, 5.41) is 3.15. The Morgan fingerprint density at radius 3 is 2.39 bits per heavy atom. The van der Waals surface area contributed by atoms with Crippen molar-refractivity contribution in [2.45, 2.75) is 64.2 Å². The highest BCUT2D eigenvalue weighted by Crippen LogP contribution is 2.36. The van der Waals surface area contributed by atoms with Crippen LogP contribution in [0.3, 0.4) is 0 Å². The number of hydrogen-bond acceptors (Lipinski definition) is 1. The number of amides is 1. The highest BCUT2D eigenvalue weighted by Gasteiger charge is 2.31. The molecule has 0 saturated heterocycles. The Bertz CT molecular complexity index is 268.